The Balaban J connectivity index is 1.89. The normalized spacial score (nSPS) is 18.8. The second kappa shape index (κ2) is 4.58. The molecule has 1 aromatic heterocycles. The van der Waals surface area contributed by atoms with Crippen molar-refractivity contribution in [2.24, 2.45) is 5.92 Å². The summed E-state index contributed by atoms with van der Waals surface area (Å²) < 4.78 is 1.21. The van der Waals surface area contributed by atoms with Crippen molar-refractivity contribution in [2.45, 2.75) is 32.1 Å². The maximum absolute atomic E-state index is 11.1. The van der Waals surface area contributed by atoms with E-state index in [1.165, 1.54) is 8.66 Å². The number of Topliss-reactive ketones (excluding diaryl/α,β-unsaturated/α-hetero) is 1. The molecule has 0 unspecified atom stereocenters. The lowest BCUT2D eigenvalue weighted by Gasteiger charge is -2.19. The van der Waals surface area contributed by atoms with Crippen molar-refractivity contribution in [2.75, 3.05) is 0 Å². The molecule has 1 nitrogen and oxygen atoms in total. The Hall–Kier alpha value is -0.150. The Labute approximate surface area is 96.6 Å². The highest BCUT2D eigenvalue weighted by atomic mass is 79.9. The van der Waals surface area contributed by atoms with Crippen molar-refractivity contribution in [1.29, 1.82) is 0 Å². The van der Waals surface area contributed by atoms with E-state index in [1.54, 1.807) is 0 Å². The Morgan fingerprint density at radius 2 is 2.07 bits per heavy atom. The number of carbonyl (C=O) groups is 1. The van der Waals surface area contributed by atoms with Crippen LogP contribution in [0.25, 0.3) is 0 Å². The minimum Gasteiger partial charge on any atom is -0.300 e. The molecule has 1 aromatic rings. The monoisotopic (exact) mass is 272 g/mol. The summed E-state index contributed by atoms with van der Waals surface area (Å²) in [6.45, 7) is 0. The van der Waals surface area contributed by atoms with Gasteiger partial charge in [-0.3, -0.25) is 4.79 Å². The average molecular weight is 273 g/mol. The highest BCUT2D eigenvalue weighted by Gasteiger charge is 2.19. The summed E-state index contributed by atoms with van der Waals surface area (Å²) >= 11 is 5.28. The third-order valence-electron chi connectivity index (χ3n) is 2.78. The molecule has 2 rings (SSSR count). The van der Waals surface area contributed by atoms with Crippen LogP contribution in [-0.4, -0.2) is 5.78 Å². The molecule has 76 valence electrons. The molecular formula is C11H13BrOS. The number of hydrogen-bond donors (Lipinski definition) is 0. The number of carbonyl (C=O) groups excluding carboxylic acids is 1. The van der Waals surface area contributed by atoms with Crippen LogP contribution >= 0.6 is 27.3 Å². The topological polar surface area (TPSA) is 17.1 Å². The predicted octanol–water partition coefficient (Wildman–Crippen LogP) is 3.81. The fourth-order valence-corrected chi connectivity index (χ4v) is 3.55. The number of rotatable bonds is 2. The Morgan fingerprint density at radius 1 is 1.36 bits per heavy atom. The molecule has 1 saturated carbocycles. The van der Waals surface area contributed by atoms with Gasteiger partial charge in [0.2, 0.25) is 0 Å². The minimum absolute atomic E-state index is 0.452. The molecule has 1 aliphatic rings. The van der Waals surface area contributed by atoms with E-state index in [0.717, 1.165) is 38.0 Å². The Bertz CT molecular complexity index is 322. The van der Waals surface area contributed by atoms with Crippen LogP contribution in [0.5, 0.6) is 0 Å². The third-order valence-corrected chi connectivity index (χ3v) is 4.43. The summed E-state index contributed by atoms with van der Waals surface area (Å²) in [4.78, 5) is 12.5. The van der Waals surface area contributed by atoms with Gasteiger partial charge in [-0.15, -0.1) is 11.3 Å². The van der Waals surface area contributed by atoms with Gasteiger partial charge in [-0.05, 0) is 53.2 Å². The maximum Gasteiger partial charge on any atom is 0.132 e. The molecule has 0 atom stereocenters. The summed E-state index contributed by atoms with van der Waals surface area (Å²) in [7, 11) is 0. The lowest BCUT2D eigenvalue weighted by Crippen LogP contribution is -2.15. The molecule has 0 saturated heterocycles. The van der Waals surface area contributed by atoms with Crippen molar-refractivity contribution in [1.82, 2.24) is 0 Å². The number of thiophene rings is 1. The van der Waals surface area contributed by atoms with Gasteiger partial charge < -0.3 is 0 Å². The Morgan fingerprint density at radius 3 is 2.64 bits per heavy atom. The number of hydrogen-bond acceptors (Lipinski definition) is 2. The standard InChI is InChI=1S/C11H13BrOS/c12-11-6-5-10(14-11)7-8-1-3-9(13)4-2-8/h5-6,8H,1-4,7H2. The molecule has 0 aliphatic heterocycles. The van der Waals surface area contributed by atoms with Crippen molar-refractivity contribution >= 4 is 33.0 Å². The molecule has 14 heavy (non-hydrogen) atoms. The van der Waals surface area contributed by atoms with E-state index in [-0.39, 0.29) is 0 Å². The van der Waals surface area contributed by atoms with Crippen LogP contribution in [0, 0.1) is 5.92 Å². The lowest BCUT2D eigenvalue weighted by molar-refractivity contribution is -0.120. The van der Waals surface area contributed by atoms with Gasteiger partial charge in [-0.1, -0.05) is 0 Å². The van der Waals surface area contributed by atoms with E-state index in [4.69, 9.17) is 0 Å². The summed E-state index contributed by atoms with van der Waals surface area (Å²) in [5, 5.41) is 0. The van der Waals surface area contributed by atoms with Gasteiger partial charge >= 0.3 is 0 Å². The fourth-order valence-electron chi connectivity index (χ4n) is 1.95. The van der Waals surface area contributed by atoms with Crippen LogP contribution in [0.15, 0.2) is 15.9 Å². The zero-order chi connectivity index (χ0) is 9.97. The first-order valence-electron chi connectivity index (χ1n) is 5.00. The molecule has 1 fully saturated rings. The lowest BCUT2D eigenvalue weighted by atomic mass is 9.86. The van der Waals surface area contributed by atoms with E-state index in [2.05, 4.69) is 28.1 Å². The van der Waals surface area contributed by atoms with Crippen molar-refractivity contribution in [3.63, 3.8) is 0 Å². The van der Waals surface area contributed by atoms with Crippen LogP contribution in [0.4, 0.5) is 0 Å². The van der Waals surface area contributed by atoms with Crippen LogP contribution in [-0.2, 0) is 11.2 Å². The summed E-state index contributed by atoms with van der Waals surface area (Å²) in [5.74, 6) is 1.19. The molecule has 1 heterocycles. The summed E-state index contributed by atoms with van der Waals surface area (Å²) in [6.07, 6.45) is 4.95. The first-order valence-corrected chi connectivity index (χ1v) is 6.61. The van der Waals surface area contributed by atoms with Gasteiger partial charge in [0.25, 0.3) is 0 Å². The SMILES string of the molecule is O=C1CCC(Cc2ccc(Br)s2)CC1. The molecule has 0 aromatic carbocycles. The highest BCUT2D eigenvalue weighted by molar-refractivity contribution is 9.11. The molecular weight excluding hydrogens is 260 g/mol. The van der Waals surface area contributed by atoms with Crippen molar-refractivity contribution in [3.05, 3.63) is 20.8 Å². The van der Waals surface area contributed by atoms with Crippen LogP contribution in [0.3, 0.4) is 0 Å². The largest absolute Gasteiger partial charge is 0.300 e. The number of halogens is 1. The molecule has 3 heteroatoms. The van der Waals surface area contributed by atoms with E-state index < -0.39 is 0 Å². The smallest absolute Gasteiger partial charge is 0.132 e. The molecule has 0 bridgehead atoms. The van der Waals surface area contributed by atoms with Gasteiger partial charge in [-0.25, -0.2) is 0 Å². The Kier molecular flexibility index (Phi) is 3.39. The zero-order valence-electron chi connectivity index (χ0n) is 7.96. The van der Waals surface area contributed by atoms with Gasteiger partial charge in [-0.2, -0.15) is 0 Å². The minimum atomic E-state index is 0.452. The second-order valence-electron chi connectivity index (χ2n) is 3.89. The van der Waals surface area contributed by atoms with E-state index in [0.29, 0.717) is 5.78 Å². The zero-order valence-corrected chi connectivity index (χ0v) is 10.4. The average Bonchev–Trinajstić information content (AvgIpc) is 2.56. The predicted molar refractivity (Wildman–Crippen MR) is 62.7 cm³/mol. The summed E-state index contributed by atoms with van der Waals surface area (Å²) in [6, 6.07) is 4.29. The molecule has 0 spiro atoms. The summed E-state index contributed by atoms with van der Waals surface area (Å²) in [5.41, 5.74) is 0. The van der Waals surface area contributed by atoms with Gasteiger partial charge in [0.15, 0.2) is 0 Å². The molecule has 1 aliphatic carbocycles. The first kappa shape index (κ1) is 10.4. The fraction of sp³-hybridized carbons (Fsp3) is 0.545. The van der Waals surface area contributed by atoms with E-state index >= 15 is 0 Å². The van der Waals surface area contributed by atoms with Crippen LogP contribution in [0.1, 0.15) is 30.6 Å². The molecule has 0 amide bonds. The van der Waals surface area contributed by atoms with Gasteiger partial charge in [0.05, 0.1) is 3.79 Å². The third kappa shape index (κ3) is 2.67. The molecule has 0 radical (unpaired) electrons. The maximum atomic E-state index is 11.1. The number of ketones is 1. The van der Waals surface area contributed by atoms with Gasteiger partial charge in [0.1, 0.15) is 5.78 Å². The van der Waals surface area contributed by atoms with E-state index in [1.807, 2.05) is 11.3 Å². The van der Waals surface area contributed by atoms with E-state index in [9.17, 15) is 4.79 Å². The van der Waals surface area contributed by atoms with Crippen LogP contribution < -0.4 is 0 Å². The van der Waals surface area contributed by atoms with Crippen molar-refractivity contribution in [3.8, 4) is 0 Å². The quantitative estimate of drug-likeness (QED) is 0.800. The van der Waals surface area contributed by atoms with Crippen LogP contribution in [0.2, 0.25) is 0 Å². The highest BCUT2D eigenvalue weighted by Crippen LogP contribution is 2.29. The van der Waals surface area contributed by atoms with Crippen molar-refractivity contribution < 1.29 is 4.79 Å². The van der Waals surface area contributed by atoms with Gasteiger partial charge in [0, 0.05) is 17.7 Å². The molecule has 0 N–H and O–H groups in total. The first-order chi connectivity index (χ1) is 6.74. The second-order valence-corrected chi connectivity index (χ2v) is 6.44.